The molecule has 0 heterocycles. The van der Waals surface area contributed by atoms with Crippen LogP contribution in [0.3, 0.4) is 0 Å². The lowest BCUT2D eigenvalue weighted by Gasteiger charge is -2.28. The molecule has 1 aliphatic carbocycles. The largest absolute Gasteiger partial charge is 0.396 e. The highest BCUT2D eigenvalue weighted by Crippen LogP contribution is 2.29. The quantitative estimate of drug-likeness (QED) is 0.548. The summed E-state index contributed by atoms with van der Waals surface area (Å²) in [4.78, 5) is 4.70. The van der Waals surface area contributed by atoms with Gasteiger partial charge in [-0.25, -0.2) is 0 Å². The van der Waals surface area contributed by atoms with Gasteiger partial charge in [0.25, 0.3) is 0 Å². The van der Waals surface area contributed by atoms with E-state index in [4.69, 9.17) is 4.99 Å². The number of nitrogens with one attached hydrogen (secondary N) is 1. The van der Waals surface area contributed by atoms with E-state index >= 15 is 0 Å². The molecule has 1 fully saturated rings. The fraction of sp³-hybridized carbons (Fsp3) is 0.833. The molecule has 3 heteroatoms. The Balaban J connectivity index is 2.61. The third kappa shape index (κ3) is 6.64. The van der Waals surface area contributed by atoms with Gasteiger partial charge in [0.2, 0.25) is 0 Å². The highest BCUT2D eigenvalue weighted by molar-refractivity contribution is 5.58. The lowest BCUT2D eigenvalue weighted by atomic mass is 9.84. The number of hydrogen-bond acceptors (Lipinski definition) is 2. The lowest BCUT2D eigenvalue weighted by Crippen LogP contribution is -2.28. The summed E-state index contributed by atoms with van der Waals surface area (Å²) < 4.78 is 0. The Morgan fingerprint density at radius 2 is 1.90 bits per heavy atom. The second-order valence-corrected chi connectivity index (χ2v) is 7.52. The molecule has 0 radical (unpaired) electrons. The first kappa shape index (κ1) is 18.2. The molecule has 0 amide bonds. The van der Waals surface area contributed by atoms with Crippen LogP contribution in [-0.4, -0.2) is 24.1 Å². The minimum Gasteiger partial charge on any atom is -0.396 e. The molecule has 1 saturated carbocycles. The Labute approximate surface area is 130 Å². The van der Waals surface area contributed by atoms with Gasteiger partial charge < -0.3 is 10.4 Å². The van der Waals surface area contributed by atoms with Crippen molar-refractivity contribution in [3.63, 3.8) is 0 Å². The molecule has 0 aromatic rings. The summed E-state index contributed by atoms with van der Waals surface area (Å²) in [5.41, 5.74) is 1.12. The minimum absolute atomic E-state index is 0.0495. The first-order valence-electron chi connectivity index (χ1n) is 8.46. The maximum atomic E-state index is 9.25. The fourth-order valence-corrected chi connectivity index (χ4v) is 2.82. The van der Waals surface area contributed by atoms with E-state index in [9.17, 15) is 5.11 Å². The molecule has 2 N–H and O–H groups in total. The molecule has 0 aliphatic heterocycles. The average Bonchev–Trinajstić information content (AvgIpc) is 2.39. The van der Waals surface area contributed by atoms with Crippen LogP contribution in [0.2, 0.25) is 0 Å². The summed E-state index contributed by atoms with van der Waals surface area (Å²) in [5.74, 6) is 1.35. The van der Waals surface area contributed by atoms with E-state index in [0.29, 0.717) is 12.0 Å². The van der Waals surface area contributed by atoms with Crippen LogP contribution in [0, 0.1) is 17.3 Å². The van der Waals surface area contributed by atoms with Crippen molar-refractivity contribution in [3.05, 3.63) is 11.8 Å². The number of rotatable bonds is 7. The third-order valence-corrected chi connectivity index (χ3v) is 4.46. The van der Waals surface area contributed by atoms with Crippen molar-refractivity contribution >= 4 is 6.34 Å². The molecule has 1 aliphatic rings. The maximum Gasteiger partial charge on any atom is 0.0868 e. The van der Waals surface area contributed by atoms with E-state index in [-0.39, 0.29) is 12.0 Å². The van der Waals surface area contributed by atoms with Gasteiger partial charge in [-0.2, -0.15) is 0 Å². The van der Waals surface area contributed by atoms with Crippen molar-refractivity contribution in [1.82, 2.24) is 5.32 Å². The Hall–Kier alpha value is -0.830. The van der Waals surface area contributed by atoms with Crippen molar-refractivity contribution in [3.8, 4) is 0 Å². The van der Waals surface area contributed by atoms with Crippen LogP contribution < -0.4 is 5.32 Å². The molecule has 0 aromatic heterocycles. The standard InChI is InChI=1S/C18H34N2O/c1-14(2)12-17(18(4,5)10-11-21)20-13-19-16-8-6-15(3)7-9-16/h12-16,21H,6-11H2,1-5H3,(H,19,20)/b17-12-. The number of aliphatic imine (C=N–C) groups is 1. The molecule has 0 saturated heterocycles. The van der Waals surface area contributed by atoms with Crippen LogP contribution in [0.25, 0.3) is 0 Å². The van der Waals surface area contributed by atoms with Gasteiger partial charge in [-0.05, 0) is 43.9 Å². The van der Waals surface area contributed by atoms with Crippen LogP contribution in [0.4, 0.5) is 0 Å². The number of aliphatic hydroxyl groups is 1. The van der Waals surface area contributed by atoms with Crippen LogP contribution in [0.5, 0.6) is 0 Å². The second kappa shape index (κ2) is 8.57. The maximum absolute atomic E-state index is 9.25. The summed E-state index contributed by atoms with van der Waals surface area (Å²) in [6.07, 6.45) is 9.90. The van der Waals surface area contributed by atoms with E-state index in [1.165, 1.54) is 31.4 Å². The van der Waals surface area contributed by atoms with Gasteiger partial charge in [0.05, 0.1) is 12.4 Å². The average molecular weight is 294 g/mol. The number of nitrogens with zero attached hydrogens (tertiary/aromatic N) is 1. The SMILES string of the molecule is CC(C)/C=C(\NC=NC1CCC(C)CC1)C(C)(C)CCO. The van der Waals surface area contributed by atoms with Gasteiger partial charge in [-0.3, -0.25) is 4.99 Å². The Morgan fingerprint density at radius 3 is 2.43 bits per heavy atom. The summed E-state index contributed by atoms with van der Waals surface area (Å²) in [5, 5.41) is 12.6. The van der Waals surface area contributed by atoms with Gasteiger partial charge in [-0.15, -0.1) is 0 Å². The molecule has 0 aromatic carbocycles. The van der Waals surface area contributed by atoms with Gasteiger partial charge >= 0.3 is 0 Å². The number of allylic oxidation sites excluding steroid dienone is 2. The molecule has 122 valence electrons. The molecule has 0 unspecified atom stereocenters. The highest BCUT2D eigenvalue weighted by atomic mass is 16.3. The molecular weight excluding hydrogens is 260 g/mol. The van der Waals surface area contributed by atoms with Crippen molar-refractivity contribution in [2.24, 2.45) is 22.2 Å². The van der Waals surface area contributed by atoms with Crippen molar-refractivity contribution < 1.29 is 5.11 Å². The van der Waals surface area contributed by atoms with Gasteiger partial charge in [0.1, 0.15) is 0 Å². The van der Waals surface area contributed by atoms with Gasteiger partial charge in [0, 0.05) is 17.7 Å². The minimum atomic E-state index is -0.0495. The Bertz CT molecular complexity index is 350. The number of hydrogen-bond donors (Lipinski definition) is 2. The Morgan fingerprint density at radius 1 is 1.29 bits per heavy atom. The van der Waals surface area contributed by atoms with E-state index < -0.39 is 0 Å². The summed E-state index contributed by atoms with van der Waals surface area (Å²) in [6, 6.07) is 0.481. The van der Waals surface area contributed by atoms with Crippen LogP contribution >= 0.6 is 0 Å². The molecule has 0 spiro atoms. The van der Waals surface area contributed by atoms with Gasteiger partial charge in [-0.1, -0.05) is 40.7 Å². The van der Waals surface area contributed by atoms with E-state index in [2.05, 4.69) is 46.0 Å². The predicted molar refractivity (Wildman–Crippen MR) is 91.5 cm³/mol. The molecule has 0 atom stereocenters. The third-order valence-electron chi connectivity index (χ3n) is 4.46. The van der Waals surface area contributed by atoms with Crippen molar-refractivity contribution in [2.75, 3.05) is 6.61 Å². The van der Waals surface area contributed by atoms with Crippen LogP contribution in [0.1, 0.15) is 66.7 Å². The van der Waals surface area contributed by atoms with Crippen LogP contribution in [-0.2, 0) is 0 Å². The summed E-state index contributed by atoms with van der Waals surface area (Å²) in [7, 11) is 0. The van der Waals surface area contributed by atoms with Crippen LogP contribution in [0.15, 0.2) is 16.8 Å². The predicted octanol–water partition coefficient (Wildman–Crippen LogP) is 4.13. The zero-order valence-electron chi connectivity index (χ0n) is 14.5. The van der Waals surface area contributed by atoms with Crippen molar-refractivity contribution in [1.29, 1.82) is 0 Å². The lowest BCUT2D eigenvalue weighted by molar-refractivity contribution is 0.231. The topological polar surface area (TPSA) is 44.6 Å². The van der Waals surface area contributed by atoms with E-state index in [1.54, 1.807) is 0 Å². The fourth-order valence-electron chi connectivity index (χ4n) is 2.82. The normalized spacial score (nSPS) is 24.8. The first-order chi connectivity index (χ1) is 9.85. The van der Waals surface area contributed by atoms with Crippen molar-refractivity contribution in [2.45, 2.75) is 72.8 Å². The van der Waals surface area contributed by atoms with E-state index in [0.717, 1.165) is 12.3 Å². The molecule has 3 nitrogen and oxygen atoms in total. The second-order valence-electron chi connectivity index (χ2n) is 7.52. The number of aliphatic hydroxyl groups excluding tert-OH is 1. The monoisotopic (exact) mass is 294 g/mol. The molecule has 1 rings (SSSR count). The molecule has 0 bridgehead atoms. The zero-order chi connectivity index (χ0) is 15.9. The summed E-state index contributed by atoms with van der Waals surface area (Å²) >= 11 is 0. The molecular formula is C18H34N2O. The summed E-state index contributed by atoms with van der Waals surface area (Å²) in [6.45, 7) is 11.2. The van der Waals surface area contributed by atoms with E-state index in [1.807, 2.05) is 6.34 Å². The smallest absolute Gasteiger partial charge is 0.0868 e. The zero-order valence-corrected chi connectivity index (χ0v) is 14.5. The van der Waals surface area contributed by atoms with Gasteiger partial charge in [0.15, 0.2) is 0 Å². The molecule has 21 heavy (non-hydrogen) atoms. The first-order valence-corrected chi connectivity index (χ1v) is 8.46. The Kier molecular flexibility index (Phi) is 7.44. The highest BCUT2D eigenvalue weighted by Gasteiger charge is 2.23.